The van der Waals surface area contributed by atoms with Gasteiger partial charge in [-0.1, -0.05) is 12.1 Å². The lowest BCUT2D eigenvalue weighted by molar-refractivity contribution is -0.134. The molecule has 6 heterocycles. The van der Waals surface area contributed by atoms with Crippen LogP contribution in [-0.2, 0) is 14.4 Å². The van der Waals surface area contributed by atoms with Crippen molar-refractivity contribution in [3.8, 4) is 5.75 Å². The van der Waals surface area contributed by atoms with Gasteiger partial charge < -0.3 is 24.7 Å². The Morgan fingerprint density at radius 3 is 2.40 bits per heavy atom. The molecule has 4 aromatic rings. The number of pyridine rings is 1. The van der Waals surface area contributed by atoms with Gasteiger partial charge in [-0.3, -0.25) is 29.4 Å². The number of aromatic nitrogens is 4. The molecule has 3 fully saturated rings. The third-order valence-electron chi connectivity index (χ3n) is 10.2. The van der Waals surface area contributed by atoms with Gasteiger partial charge in [0.15, 0.2) is 0 Å². The summed E-state index contributed by atoms with van der Waals surface area (Å²) in [5.74, 6) is 0.518. The van der Waals surface area contributed by atoms with Crippen molar-refractivity contribution in [2.24, 2.45) is 0 Å². The lowest BCUT2D eigenvalue weighted by atomic mass is 9.89. The molecule has 3 N–H and O–H groups in total. The highest BCUT2D eigenvalue weighted by Crippen LogP contribution is 2.33. The van der Waals surface area contributed by atoms with Gasteiger partial charge in [0.2, 0.25) is 17.7 Å². The van der Waals surface area contributed by atoms with Crippen LogP contribution in [0.25, 0.3) is 5.65 Å². The Morgan fingerprint density at radius 1 is 0.962 bits per heavy atom. The van der Waals surface area contributed by atoms with E-state index >= 15 is 0 Å². The summed E-state index contributed by atoms with van der Waals surface area (Å²) in [7, 11) is 0. The predicted octanol–water partition coefficient (Wildman–Crippen LogP) is 3.97. The van der Waals surface area contributed by atoms with Crippen molar-refractivity contribution in [1.82, 2.24) is 34.5 Å². The molecule has 1 unspecified atom stereocenters. The normalized spacial score (nSPS) is 19.1. The number of imidazole rings is 1. The van der Waals surface area contributed by atoms with E-state index in [0.29, 0.717) is 36.7 Å². The number of benzene rings is 1. The van der Waals surface area contributed by atoms with Crippen LogP contribution in [0, 0.1) is 0 Å². The highest BCUT2D eigenvalue weighted by Gasteiger charge is 2.29. The minimum atomic E-state index is -0.402. The number of imide groups is 1. The molecular weight excluding hydrogens is 662 g/mol. The Kier molecular flexibility index (Phi) is 10.4. The molecule has 3 aliphatic rings. The first-order valence-corrected chi connectivity index (χ1v) is 18.2. The molecule has 0 bridgehead atoms. The van der Waals surface area contributed by atoms with Crippen molar-refractivity contribution in [3.63, 3.8) is 0 Å². The lowest BCUT2D eigenvalue weighted by Gasteiger charge is -2.35. The summed E-state index contributed by atoms with van der Waals surface area (Å²) in [5.41, 5.74) is 4.62. The molecule has 3 saturated heterocycles. The summed E-state index contributed by atoms with van der Waals surface area (Å²) in [6, 6.07) is 11.2. The Morgan fingerprint density at radius 2 is 1.71 bits per heavy atom. The van der Waals surface area contributed by atoms with Crippen LogP contribution in [0.15, 0.2) is 61.3 Å². The number of likely N-dealkylation sites (tertiary alicyclic amines) is 2. The zero-order chi connectivity index (χ0) is 36.2. The molecule has 272 valence electrons. The van der Waals surface area contributed by atoms with Crippen LogP contribution in [0.1, 0.15) is 86.0 Å². The number of nitrogens with zero attached hydrogens (tertiary/aromatic N) is 6. The third kappa shape index (κ3) is 8.23. The van der Waals surface area contributed by atoms with Gasteiger partial charge in [-0.05, 0) is 88.7 Å². The number of hydrogen-bond acceptors (Lipinski definition) is 10. The summed E-state index contributed by atoms with van der Waals surface area (Å²) >= 11 is 0. The molecule has 4 amide bonds. The molecule has 7 rings (SSSR count). The highest BCUT2D eigenvalue weighted by molar-refractivity contribution is 6.03. The van der Waals surface area contributed by atoms with Crippen molar-refractivity contribution in [2.75, 3.05) is 43.4 Å². The molecule has 0 radical (unpaired) electrons. The summed E-state index contributed by atoms with van der Waals surface area (Å²) in [6.07, 6.45) is 11.1. The SMILES string of the molecule is CC(C)Oc1cc2nc(C3CCN(CC(=O)N4CCC(c5ccc(NC6CCC(=O)NC6=O)cc5)CC4)CC3)cn2cc1NC(=O)c1ccncn1. The second-order valence-corrected chi connectivity index (χ2v) is 14.2. The molecule has 0 spiro atoms. The standard InChI is InChI=1S/C38H45N9O5/c1-24(2)52-33-19-34-42-31(20-47(34)21-32(33)43-37(50)29-9-14-39-23-40-29)27-10-15-45(16-11-27)22-36(49)46-17-12-26(13-18-46)25-3-5-28(6-4-25)41-30-7-8-35(48)44-38(30)51/h3-6,9,14,19-21,23-24,26-27,30,41H,7-8,10-13,15-18,22H2,1-2H3,(H,43,50)(H,44,48,51). The summed E-state index contributed by atoms with van der Waals surface area (Å²) in [4.78, 5) is 66.8. The van der Waals surface area contributed by atoms with Gasteiger partial charge in [0.25, 0.3) is 5.91 Å². The minimum absolute atomic E-state index is 0.0971. The van der Waals surface area contributed by atoms with Gasteiger partial charge >= 0.3 is 0 Å². The smallest absolute Gasteiger partial charge is 0.274 e. The maximum absolute atomic E-state index is 13.3. The second kappa shape index (κ2) is 15.5. The van der Waals surface area contributed by atoms with Crippen LogP contribution in [0.2, 0.25) is 0 Å². The van der Waals surface area contributed by atoms with Crippen molar-refractivity contribution in [3.05, 3.63) is 78.3 Å². The van der Waals surface area contributed by atoms with E-state index in [1.54, 1.807) is 6.07 Å². The Balaban J connectivity index is 0.892. The number of carbonyl (C=O) groups is 4. The third-order valence-corrected chi connectivity index (χ3v) is 10.2. The van der Waals surface area contributed by atoms with Crippen LogP contribution in [0.3, 0.4) is 0 Å². The highest BCUT2D eigenvalue weighted by atomic mass is 16.5. The number of rotatable bonds is 10. The number of nitrogens with one attached hydrogen (secondary N) is 3. The number of carbonyl (C=O) groups excluding carboxylic acids is 4. The maximum atomic E-state index is 13.3. The predicted molar refractivity (Wildman–Crippen MR) is 194 cm³/mol. The summed E-state index contributed by atoms with van der Waals surface area (Å²) < 4.78 is 7.96. The molecule has 1 atom stereocenters. The van der Waals surface area contributed by atoms with Crippen molar-refractivity contribution in [2.45, 2.75) is 76.4 Å². The number of amides is 4. The Labute approximate surface area is 302 Å². The Bertz CT molecular complexity index is 1910. The number of ether oxygens (including phenoxy) is 1. The summed E-state index contributed by atoms with van der Waals surface area (Å²) in [5, 5.41) is 8.54. The van der Waals surface area contributed by atoms with E-state index in [1.165, 1.54) is 18.1 Å². The number of anilines is 2. The molecular formula is C38H45N9O5. The monoisotopic (exact) mass is 707 g/mol. The number of hydrogen-bond donors (Lipinski definition) is 3. The number of piperidine rings is 3. The molecule has 0 aliphatic carbocycles. The van der Waals surface area contributed by atoms with E-state index in [-0.39, 0.29) is 41.3 Å². The fourth-order valence-electron chi connectivity index (χ4n) is 7.31. The quantitative estimate of drug-likeness (QED) is 0.206. The molecule has 0 saturated carbocycles. The van der Waals surface area contributed by atoms with Crippen LogP contribution >= 0.6 is 0 Å². The van der Waals surface area contributed by atoms with E-state index < -0.39 is 6.04 Å². The first kappa shape index (κ1) is 35.1. The topological polar surface area (TPSA) is 163 Å². The van der Waals surface area contributed by atoms with E-state index in [9.17, 15) is 19.2 Å². The molecule has 1 aromatic carbocycles. The van der Waals surface area contributed by atoms with Crippen LogP contribution < -0.4 is 20.7 Å². The molecule has 3 aliphatic heterocycles. The second-order valence-electron chi connectivity index (χ2n) is 14.2. The van der Waals surface area contributed by atoms with Crippen molar-refractivity contribution in [1.29, 1.82) is 0 Å². The van der Waals surface area contributed by atoms with Gasteiger partial charge in [-0.2, -0.15) is 0 Å². The average Bonchev–Trinajstić information content (AvgIpc) is 3.56. The van der Waals surface area contributed by atoms with E-state index in [1.807, 2.05) is 53.7 Å². The summed E-state index contributed by atoms with van der Waals surface area (Å²) in [6.45, 7) is 7.41. The maximum Gasteiger partial charge on any atom is 0.274 e. The van der Waals surface area contributed by atoms with E-state index in [4.69, 9.17) is 9.72 Å². The zero-order valence-electron chi connectivity index (χ0n) is 29.6. The van der Waals surface area contributed by atoms with Gasteiger partial charge in [0.05, 0.1) is 18.3 Å². The van der Waals surface area contributed by atoms with Crippen LogP contribution in [-0.4, -0.2) is 97.7 Å². The van der Waals surface area contributed by atoms with E-state index in [2.05, 4.69) is 43.0 Å². The molecule has 14 nitrogen and oxygen atoms in total. The largest absolute Gasteiger partial charge is 0.489 e. The van der Waals surface area contributed by atoms with Crippen molar-refractivity contribution >= 4 is 40.7 Å². The van der Waals surface area contributed by atoms with Gasteiger partial charge in [0, 0.05) is 55.8 Å². The van der Waals surface area contributed by atoms with Crippen LogP contribution in [0.4, 0.5) is 11.4 Å². The fraction of sp³-hybridized carbons (Fsp3) is 0.447. The molecule has 14 heteroatoms. The first-order valence-electron chi connectivity index (χ1n) is 18.2. The van der Waals surface area contributed by atoms with Gasteiger partial charge in [0.1, 0.15) is 35.1 Å². The molecule has 3 aromatic heterocycles. The average molecular weight is 708 g/mol. The Hall–Kier alpha value is -5.37. The van der Waals surface area contributed by atoms with Gasteiger partial charge in [-0.15, -0.1) is 0 Å². The first-order chi connectivity index (χ1) is 25.2. The van der Waals surface area contributed by atoms with E-state index in [0.717, 1.165) is 68.9 Å². The number of fused-ring (bicyclic) bond motifs is 1. The zero-order valence-corrected chi connectivity index (χ0v) is 29.6. The van der Waals surface area contributed by atoms with Gasteiger partial charge in [-0.25, -0.2) is 15.0 Å². The van der Waals surface area contributed by atoms with Crippen LogP contribution in [0.5, 0.6) is 5.75 Å². The van der Waals surface area contributed by atoms with Crippen molar-refractivity contribution < 1.29 is 23.9 Å². The lowest BCUT2D eigenvalue weighted by Crippen LogP contribution is -2.47. The molecule has 52 heavy (non-hydrogen) atoms. The fourth-order valence-corrected chi connectivity index (χ4v) is 7.31. The minimum Gasteiger partial charge on any atom is -0.489 e.